The number of methoxy groups -OCH3 is 1. The molecule has 19 heavy (non-hydrogen) atoms. The highest BCUT2D eigenvalue weighted by Crippen LogP contribution is 2.35. The number of para-hydroxylation sites is 1. The van der Waals surface area contributed by atoms with Crippen LogP contribution in [-0.2, 0) is 6.54 Å². The number of hydrogen-bond acceptors (Lipinski definition) is 3. The molecule has 0 aromatic heterocycles. The summed E-state index contributed by atoms with van der Waals surface area (Å²) in [6.45, 7) is 0.538. The minimum Gasteiger partial charge on any atom is -0.508 e. The van der Waals surface area contributed by atoms with Crippen LogP contribution in [0.3, 0.4) is 0 Å². The van der Waals surface area contributed by atoms with Crippen LogP contribution in [0.5, 0.6) is 11.5 Å². The molecule has 0 spiro atoms. The smallest absolute Gasteiger partial charge is 0.135 e. The summed E-state index contributed by atoms with van der Waals surface area (Å²) < 4.78 is 7.07. The van der Waals surface area contributed by atoms with Crippen LogP contribution < -0.4 is 10.1 Å². The fourth-order valence-corrected chi connectivity index (χ4v) is 2.97. The minimum absolute atomic E-state index is 0.287. The molecule has 2 rings (SSSR count). The van der Waals surface area contributed by atoms with Gasteiger partial charge >= 0.3 is 0 Å². The first-order chi connectivity index (χ1) is 9.11. The van der Waals surface area contributed by atoms with Gasteiger partial charge in [-0.1, -0.05) is 18.2 Å². The molecule has 0 heterocycles. The Morgan fingerprint density at radius 3 is 2.58 bits per heavy atom. The zero-order valence-electron chi connectivity index (χ0n) is 10.3. The Hall–Kier alpha value is -1.20. The number of anilines is 1. The lowest BCUT2D eigenvalue weighted by molar-refractivity contribution is 0.412. The lowest BCUT2D eigenvalue weighted by Crippen LogP contribution is -2.01. The van der Waals surface area contributed by atoms with Gasteiger partial charge in [0.2, 0.25) is 0 Å². The molecule has 0 saturated heterocycles. The summed E-state index contributed by atoms with van der Waals surface area (Å²) in [5, 5.41) is 13.0. The molecule has 0 fully saturated rings. The number of benzene rings is 2. The topological polar surface area (TPSA) is 41.5 Å². The number of phenolic OH excluding ortho intramolecular Hbond substituents is 1. The molecule has 3 nitrogen and oxygen atoms in total. The molecule has 0 unspecified atom stereocenters. The first-order valence-corrected chi connectivity index (χ1v) is 7.24. The second-order valence-corrected chi connectivity index (χ2v) is 5.66. The third kappa shape index (κ3) is 3.42. The molecule has 0 bridgehead atoms. The maximum absolute atomic E-state index is 9.72. The molecule has 5 heteroatoms. The van der Waals surface area contributed by atoms with E-state index in [-0.39, 0.29) is 5.75 Å². The molecule has 2 N–H and O–H groups in total. The normalized spacial score (nSPS) is 10.3. The number of aromatic hydroxyl groups is 1. The number of rotatable bonds is 4. The molecular formula is C14H13Br2NO2. The van der Waals surface area contributed by atoms with E-state index >= 15 is 0 Å². The van der Waals surface area contributed by atoms with E-state index in [1.54, 1.807) is 19.2 Å². The second kappa shape index (κ2) is 6.30. The Labute approximate surface area is 128 Å². The summed E-state index contributed by atoms with van der Waals surface area (Å²) in [4.78, 5) is 0. The van der Waals surface area contributed by atoms with Gasteiger partial charge < -0.3 is 15.2 Å². The summed E-state index contributed by atoms with van der Waals surface area (Å²) in [6.07, 6.45) is 0. The predicted octanol–water partition coefficient (Wildman–Crippen LogP) is 4.54. The largest absolute Gasteiger partial charge is 0.508 e. The first kappa shape index (κ1) is 14.2. The van der Waals surface area contributed by atoms with Crippen LogP contribution >= 0.6 is 31.9 Å². The number of hydrogen-bond donors (Lipinski definition) is 2. The fourth-order valence-electron chi connectivity index (χ4n) is 1.67. The minimum atomic E-state index is 0.287. The second-order valence-electron chi connectivity index (χ2n) is 3.95. The average molecular weight is 387 g/mol. The van der Waals surface area contributed by atoms with E-state index < -0.39 is 0 Å². The van der Waals surface area contributed by atoms with Crippen molar-refractivity contribution in [1.82, 2.24) is 0 Å². The maximum Gasteiger partial charge on any atom is 0.135 e. The molecule has 0 aliphatic heterocycles. The summed E-state index contributed by atoms with van der Waals surface area (Å²) in [7, 11) is 1.63. The number of phenols is 1. The zero-order valence-corrected chi connectivity index (χ0v) is 13.5. The number of nitrogens with one attached hydrogen (secondary N) is 1. The zero-order chi connectivity index (χ0) is 13.8. The van der Waals surface area contributed by atoms with E-state index in [4.69, 9.17) is 4.74 Å². The Morgan fingerprint density at radius 1 is 1.16 bits per heavy atom. The van der Waals surface area contributed by atoms with Crippen LogP contribution in [0.4, 0.5) is 5.69 Å². The number of ether oxygens (including phenoxy) is 1. The van der Waals surface area contributed by atoms with Gasteiger partial charge in [0, 0.05) is 22.6 Å². The van der Waals surface area contributed by atoms with Crippen LogP contribution in [0, 0.1) is 0 Å². The van der Waals surface area contributed by atoms with Crippen molar-refractivity contribution in [2.75, 3.05) is 12.4 Å². The van der Waals surface area contributed by atoms with Gasteiger partial charge in [-0.2, -0.15) is 0 Å². The highest BCUT2D eigenvalue weighted by molar-refractivity contribution is 9.11. The van der Waals surface area contributed by atoms with E-state index in [1.165, 1.54) is 0 Å². The molecule has 0 aliphatic carbocycles. The summed E-state index contributed by atoms with van der Waals surface area (Å²) in [5.41, 5.74) is 1.75. The van der Waals surface area contributed by atoms with Gasteiger partial charge in [0.15, 0.2) is 0 Å². The molecule has 0 amide bonds. The lowest BCUT2D eigenvalue weighted by atomic mass is 10.2. The van der Waals surface area contributed by atoms with Gasteiger partial charge in [-0.3, -0.25) is 0 Å². The van der Waals surface area contributed by atoms with E-state index in [9.17, 15) is 5.11 Å². The van der Waals surface area contributed by atoms with Crippen LogP contribution in [-0.4, -0.2) is 12.2 Å². The summed E-state index contributed by atoms with van der Waals surface area (Å²) in [6, 6.07) is 11.1. The van der Waals surface area contributed by atoms with Gasteiger partial charge in [0.25, 0.3) is 0 Å². The van der Waals surface area contributed by atoms with Crippen LogP contribution in [0.15, 0.2) is 45.3 Å². The monoisotopic (exact) mass is 385 g/mol. The van der Waals surface area contributed by atoms with Crippen LogP contribution in [0.2, 0.25) is 0 Å². The standard InChI is InChI=1S/C14H13Br2NO2/c1-19-14-7-12(10(15)6-11(14)16)17-8-9-4-2-3-5-13(9)18/h2-7,17-18H,8H2,1H3. The van der Waals surface area contributed by atoms with Gasteiger partial charge in [-0.25, -0.2) is 0 Å². The molecule has 100 valence electrons. The van der Waals surface area contributed by atoms with Crippen molar-refractivity contribution < 1.29 is 9.84 Å². The van der Waals surface area contributed by atoms with E-state index in [0.29, 0.717) is 6.54 Å². The van der Waals surface area contributed by atoms with Crippen molar-refractivity contribution in [3.8, 4) is 11.5 Å². The Balaban J connectivity index is 2.18. The lowest BCUT2D eigenvalue weighted by Gasteiger charge is -2.12. The highest BCUT2D eigenvalue weighted by Gasteiger charge is 2.07. The highest BCUT2D eigenvalue weighted by atomic mass is 79.9. The molecule has 2 aromatic rings. The van der Waals surface area contributed by atoms with E-state index in [2.05, 4.69) is 37.2 Å². The molecular weight excluding hydrogens is 374 g/mol. The Bertz CT molecular complexity index is 588. The van der Waals surface area contributed by atoms with E-state index in [1.807, 2.05) is 24.3 Å². The van der Waals surface area contributed by atoms with Gasteiger partial charge in [0.1, 0.15) is 11.5 Å². The third-order valence-electron chi connectivity index (χ3n) is 2.70. The molecule has 0 aliphatic rings. The molecule has 2 aromatic carbocycles. The summed E-state index contributed by atoms with van der Waals surface area (Å²) in [5.74, 6) is 1.04. The quantitative estimate of drug-likeness (QED) is 0.810. The molecule has 0 atom stereocenters. The molecule has 0 saturated carbocycles. The third-order valence-corrected chi connectivity index (χ3v) is 3.98. The Kier molecular flexibility index (Phi) is 4.71. The van der Waals surface area contributed by atoms with E-state index in [0.717, 1.165) is 25.9 Å². The average Bonchev–Trinajstić information content (AvgIpc) is 2.39. The van der Waals surface area contributed by atoms with Crippen molar-refractivity contribution in [1.29, 1.82) is 0 Å². The van der Waals surface area contributed by atoms with Gasteiger partial charge in [-0.15, -0.1) is 0 Å². The van der Waals surface area contributed by atoms with Crippen LogP contribution in [0.1, 0.15) is 5.56 Å². The van der Waals surface area contributed by atoms with Crippen molar-refractivity contribution in [3.05, 3.63) is 50.9 Å². The van der Waals surface area contributed by atoms with Crippen molar-refractivity contribution in [3.63, 3.8) is 0 Å². The van der Waals surface area contributed by atoms with Gasteiger partial charge in [-0.05, 0) is 44.0 Å². The van der Waals surface area contributed by atoms with Crippen LogP contribution in [0.25, 0.3) is 0 Å². The first-order valence-electron chi connectivity index (χ1n) is 5.65. The number of halogens is 2. The van der Waals surface area contributed by atoms with Gasteiger partial charge in [0.05, 0.1) is 17.3 Å². The van der Waals surface area contributed by atoms with Crippen molar-refractivity contribution in [2.24, 2.45) is 0 Å². The SMILES string of the molecule is COc1cc(NCc2ccccc2O)c(Br)cc1Br. The van der Waals surface area contributed by atoms with Crippen molar-refractivity contribution >= 4 is 37.5 Å². The molecule has 0 radical (unpaired) electrons. The Morgan fingerprint density at radius 2 is 1.89 bits per heavy atom. The maximum atomic E-state index is 9.72. The summed E-state index contributed by atoms with van der Waals surface area (Å²) >= 11 is 6.92. The van der Waals surface area contributed by atoms with Crippen molar-refractivity contribution in [2.45, 2.75) is 6.54 Å². The fraction of sp³-hybridized carbons (Fsp3) is 0.143. The predicted molar refractivity (Wildman–Crippen MR) is 83.8 cm³/mol.